The van der Waals surface area contributed by atoms with Gasteiger partial charge in [0.05, 0.1) is 49.0 Å². The second kappa shape index (κ2) is 8.89. The van der Waals surface area contributed by atoms with E-state index >= 15 is 0 Å². The zero-order valence-electron chi connectivity index (χ0n) is 22.2. The predicted octanol–water partition coefficient (Wildman–Crippen LogP) is 5.90. The Labute approximate surface area is 230 Å². The highest BCUT2D eigenvalue weighted by atomic mass is 19.2. The summed E-state index contributed by atoms with van der Waals surface area (Å²) in [5.74, 6) is -0.668. The van der Waals surface area contributed by atoms with E-state index in [1.165, 1.54) is 12.1 Å². The lowest BCUT2D eigenvalue weighted by Crippen LogP contribution is -2.68. The third kappa shape index (κ3) is 3.78. The maximum atomic E-state index is 14.7. The lowest BCUT2D eigenvalue weighted by atomic mass is 9.92. The lowest BCUT2D eigenvalue weighted by Gasteiger charge is -2.49. The van der Waals surface area contributed by atoms with Crippen molar-refractivity contribution in [2.75, 3.05) is 39.3 Å². The number of rotatable bonds is 6. The highest BCUT2D eigenvalue weighted by molar-refractivity contribution is 6.09. The Morgan fingerprint density at radius 1 is 0.900 bits per heavy atom. The van der Waals surface area contributed by atoms with Gasteiger partial charge in [-0.2, -0.15) is 10.1 Å². The molecule has 8 heteroatoms. The maximum Gasteiger partial charge on any atom is 0.236 e. The molecule has 3 aromatic carbocycles. The summed E-state index contributed by atoms with van der Waals surface area (Å²) in [6, 6.07) is 18.6. The fraction of sp³-hybridized carbons (Fsp3) is 0.312. The molecule has 1 aliphatic carbocycles. The highest BCUT2D eigenvalue weighted by Crippen LogP contribution is 2.55. The van der Waals surface area contributed by atoms with Gasteiger partial charge in [0.1, 0.15) is 5.60 Å². The first-order valence-corrected chi connectivity index (χ1v) is 14.1. The van der Waals surface area contributed by atoms with Crippen LogP contribution in [0.3, 0.4) is 0 Å². The fourth-order valence-corrected chi connectivity index (χ4v) is 6.71. The van der Waals surface area contributed by atoms with Crippen LogP contribution in [-0.2, 0) is 16.9 Å². The van der Waals surface area contributed by atoms with Crippen molar-refractivity contribution in [3.05, 3.63) is 89.8 Å². The summed E-state index contributed by atoms with van der Waals surface area (Å²) in [5, 5.41) is 10.4. The topological polar surface area (TPSA) is 54.0 Å². The van der Waals surface area contributed by atoms with Crippen molar-refractivity contribution in [1.29, 1.82) is 0 Å². The number of fused-ring (bicyclic) bond motifs is 5. The highest BCUT2D eigenvalue weighted by Gasteiger charge is 2.51. The van der Waals surface area contributed by atoms with Crippen molar-refractivity contribution in [1.82, 2.24) is 24.6 Å². The smallest absolute Gasteiger partial charge is 0.236 e. The number of benzene rings is 3. The molecule has 2 bridgehead atoms. The quantitative estimate of drug-likeness (QED) is 0.274. The van der Waals surface area contributed by atoms with E-state index in [4.69, 9.17) is 9.72 Å². The molecule has 9 rings (SSSR count). The molecule has 2 aromatic heterocycles. The Balaban J connectivity index is 1.40. The molecule has 5 aromatic rings. The number of aromatic nitrogens is 3. The zero-order chi connectivity index (χ0) is 26.9. The van der Waals surface area contributed by atoms with E-state index < -0.39 is 17.2 Å². The summed E-state index contributed by atoms with van der Waals surface area (Å²) in [7, 11) is 0. The summed E-state index contributed by atoms with van der Waals surface area (Å²) in [6.45, 7) is 6.62. The van der Waals surface area contributed by atoms with Crippen LogP contribution in [0, 0.1) is 11.6 Å². The Kier molecular flexibility index (Phi) is 5.36. The standard InChI is InChI=1S/C32H30F2N5O/c33-26-7-6-22(17-27(26)34)29-24-16-23-19-35-37-28(23)18-25(24)31(39-13-10-38(11-14-39)12-15-39)36-30(29)32(8-9-32)40-20-21-4-2-1-3-5-21/h1-7,16-19H,8-15,20H2,(H,35,37)/q+1. The summed E-state index contributed by atoms with van der Waals surface area (Å²) in [4.78, 5) is 8.06. The number of ether oxygens (including phenoxy) is 1. The van der Waals surface area contributed by atoms with Crippen LogP contribution in [0.2, 0.25) is 0 Å². The molecule has 4 aliphatic rings. The SMILES string of the molecule is Fc1ccc(-c2c(C3(OCc4ccccc4)CC3)nc([N+]34CCN(CC3)CC4)c3cc4[nH]ncc4cc23)cc1F. The zero-order valence-corrected chi connectivity index (χ0v) is 22.2. The Hall–Kier alpha value is -3.72. The van der Waals surface area contributed by atoms with Crippen molar-refractivity contribution in [2.45, 2.75) is 25.0 Å². The summed E-state index contributed by atoms with van der Waals surface area (Å²) in [6.07, 6.45) is 3.47. The van der Waals surface area contributed by atoms with E-state index in [0.29, 0.717) is 12.2 Å². The third-order valence-electron chi connectivity index (χ3n) is 9.23. The first-order valence-electron chi connectivity index (χ1n) is 14.1. The Morgan fingerprint density at radius 2 is 1.68 bits per heavy atom. The predicted molar refractivity (Wildman–Crippen MR) is 152 cm³/mol. The van der Waals surface area contributed by atoms with Gasteiger partial charge in [0.25, 0.3) is 0 Å². The molecule has 0 unspecified atom stereocenters. The molecular formula is C32H30F2N5O+. The van der Waals surface area contributed by atoms with Crippen LogP contribution in [0.15, 0.2) is 66.9 Å². The van der Waals surface area contributed by atoms with E-state index in [1.54, 1.807) is 6.07 Å². The number of quaternary nitrogens is 1. The molecule has 0 atom stereocenters. The van der Waals surface area contributed by atoms with E-state index in [-0.39, 0.29) is 0 Å². The molecule has 1 saturated carbocycles. The monoisotopic (exact) mass is 538 g/mol. The minimum absolute atomic E-state index is 0.461. The largest absolute Gasteiger partial charge is 0.364 e. The van der Waals surface area contributed by atoms with Crippen LogP contribution >= 0.6 is 0 Å². The fourth-order valence-electron chi connectivity index (χ4n) is 6.71. The number of aromatic amines is 1. The van der Waals surface area contributed by atoms with Crippen LogP contribution in [-0.4, -0.2) is 59.3 Å². The number of piperazine rings is 3. The number of pyridine rings is 1. The van der Waals surface area contributed by atoms with Gasteiger partial charge in [0.15, 0.2) is 11.6 Å². The molecule has 0 spiro atoms. The van der Waals surface area contributed by atoms with Gasteiger partial charge in [-0.1, -0.05) is 36.4 Å². The van der Waals surface area contributed by atoms with Gasteiger partial charge in [-0.25, -0.2) is 8.78 Å². The minimum Gasteiger partial charge on any atom is -0.364 e. The number of halogens is 2. The summed E-state index contributed by atoms with van der Waals surface area (Å²) >= 11 is 0. The van der Waals surface area contributed by atoms with Crippen LogP contribution in [0.4, 0.5) is 14.6 Å². The second-order valence-electron chi connectivity index (χ2n) is 11.6. The van der Waals surface area contributed by atoms with Crippen molar-refractivity contribution in [3.63, 3.8) is 0 Å². The van der Waals surface area contributed by atoms with E-state index in [1.807, 2.05) is 24.4 Å². The molecule has 40 heavy (non-hydrogen) atoms. The van der Waals surface area contributed by atoms with Crippen molar-refractivity contribution in [3.8, 4) is 11.1 Å². The molecular weight excluding hydrogens is 508 g/mol. The molecule has 1 N–H and O–H groups in total. The molecule has 6 nitrogen and oxygen atoms in total. The molecule has 0 radical (unpaired) electrons. The van der Waals surface area contributed by atoms with E-state index in [2.05, 4.69) is 39.4 Å². The van der Waals surface area contributed by atoms with Gasteiger partial charge in [-0.05, 0) is 53.6 Å². The van der Waals surface area contributed by atoms with Gasteiger partial charge < -0.3 is 4.74 Å². The molecule has 3 aliphatic heterocycles. The molecule has 5 heterocycles. The first-order chi connectivity index (χ1) is 19.5. The lowest BCUT2D eigenvalue weighted by molar-refractivity contribution is 0.0140. The first kappa shape index (κ1) is 24.1. The van der Waals surface area contributed by atoms with E-state index in [0.717, 1.165) is 101 Å². The van der Waals surface area contributed by atoms with Crippen LogP contribution < -0.4 is 4.48 Å². The van der Waals surface area contributed by atoms with Crippen LogP contribution in [0.1, 0.15) is 24.1 Å². The number of H-pyrrole nitrogens is 1. The number of nitrogens with zero attached hydrogens (tertiary/aromatic N) is 4. The number of hydrogen-bond acceptors (Lipinski definition) is 4. The van der Waals surface area contributed by atoms with Gasteiger partial charge in [-0.15, -0.1) is 0 Å². The van der Waals surface area contributed by atoms with Crippen LogP contribution in [0.5, 0.6) is 0 Å². The maximum absolute atomic E-state index is 14.7. The second-order valence-corrected chi connectivity index (χ2v) is 11.6. The third-order valence-corrected chi connectivity index (χ3v) is 9.23. The van der Waals surface area contributed by atoms with Crippen LogP contribution in [0.25, 0.3) is 32.8 Å². The van der Waals surface area contributed by atoms with E-state index in [9.17, 15) is 8.78 Å². The summed E-state index contributed by atoms with van der Waals surface area (Å²) < 4.78 is 36.4. The van der Waals surface area contributed by atoms with Gasteiger partial charge in [0.2, 0.25) is 5.82 Å². The Bertz CT molecular complexity index is 1740. The average Bonchev–Trinajstić information content (AvgIpc) is 3.65. The molecule has 0 amide bonds. The minimum atomic E-state index is -0.867. The molecule has 3 saturated heterocycles. The number of hydrogen-bond donors (Lipinski definition) is 1. The normalized spacial score (nSPS) is 23.2. The van der Waals surface area contributed by atoms with Crippen molar-refractivity contribution in [2.24, 2.45) is 0 Å². The average molecular weight is 539 g/mol. The molecule has 202 valence electrons. The number of nitrogens with one attached hydrogen (secondary N) is 1. The van der Waals surface area contributed by atoms with Gasteiger partial charge in [0, 0.05) is 30.6 Å². The molecule has 4 fully saturated rings. The van der Waals surface area contributed by atoms with Crippen molar-refractivity contribution < 1.29 is 13.5 Å². The Morgan fingerprint density at radius 3 is 2.40 bits per heavy atom. The summed E-state index contributed by atoms with van der Waals surface area (Å²) in [5.41, 5.74) is 3.72. The van der Waals surface area contributed by atoms with Gasteiger partial charge in [-0.3, -0.25) is 14.5 Å². The van der Waals surface area contributed by atoms with Crippen molar-refractivity contribution >= 4 is 27.5 Å². The van der Waals surface area contributed by atoms with Gasteiger partial charge >= 0.3 is 0 Å².